The molecule has 0 aliphatic carbocycles. The monoisotopic (exact) mass is 443 g/mol. The number of hydrogen-bond acceptors (Lipinski definition) is 7. The fourth-order valence-corrected chi connectivity index (χ4v) is 5.96. The number of rotatable bonds is 6. The van der Waals surface area contributed by atoms with Gasteiger partial charge in [-0.1, -0.05) is 42.1 Å². The molecule has 2 heterocycles. The molecule has 0 bridgehead atoms. The predicted octanol–water partition coefficient (Wildman–Crippen LogP) is 2.28. The van der Waals surface area contributed by atoms with Gasteiger partial charge in [-0.05, 0) is 53.6 Å². The lowest BCUT2D eigenvalue weighted by molar-refractivity contribution is -0.116. The van der Waals surface area contributed by atoms with Crippen molar-refractivity contribution < 1.29 is 13.2 Å². The third-order valence-electron chi connectivity index (χ3n) is 4.89. The van der Waals surface area contributed by atoms with Gasteiger partial charge in [0.05, 0.1) is 29.0 Å². The highest BCUT2D eigenvalue weighted by molar-refractivity contribution is 7.99. The van der Waals surface area contributed by atoms with Gasteiger partial charge in [0.15, 0.2) is 9.84 Å². The maximum Gasteiger partial charge on any atom is 0.237 e. The number of nitrogens with zero attached hydrogens (tertiary/aromatic N) is 5. The molecule has 1 aromatic heterocycles. The third kappa shape index (κ3) is 4.54. The smallest absolute Gasteiger partial charge is 0.237 e. The maximum absolute atomic E-state index is 13.2. The average molecular weight is 444 g/mol. The van der Waals surface area contributed by atoms with Gasteiger partial charge in [0.25, 0.3) is 0 Å². The number of carbonyl (C=O) groups is 1. The first-order valence-electron chi connectivity index (χ1n) is 9.49. The lowest BCUT2D eigenvalue weighted by Gasteiger charge is -2.28. The number of anilines is 1. The summed E-state index contributed by atoms with van der Waals surface area (Å²) in [6.07, 6.45) is 0.439. The Morgan fingerprint density at radius 1 is 1.20 bits per heavy atom. The summed E-state index contributed by atoms with van der Waals surface area (Å²) in [6, 6.07) is 16.6. The zero-order valence-corrected chi connectivity index (χ0v) is 18.0. The van der Waals surface area contributed by atoms with Crippen LogP contribution in [-0.4, -0.2) is 57.8 Å². The molecule has 30 heavy (non-hydrogen) atoms. The zero-order valence-electron chi connectivity index (χ0n) is 16.4. The van der Waals surface area contributed by atoms with E-state index in [4.69, 9.17) is 0 Å². The van der Waals surface area contributed by atoms with E-state index in [1.54, 1.807) is 9.58 Å². The van der Waals surface area contributed by atoms with Gasteiger partial charge in [0.1, 0.15) is 0 Å². The summed E-state index contributed by atoms with van der Waals surface area (Å²) >= 11 is 1.23. The molecule has 156 valence electrons. The third-order valence-corrected chi connectivity index (χ3v) is 7.54. The average Bonchev–Trinajstić information content (AvgIpc) is 3.33. The second-order valence-corrected chi connectivity index (χ2v) is 10.3. The molecule has 1 aliphatic rings. The number of amides is 1. The standard InChI is InChI=1S/C20H21N5O3S2/c1-15-6-5-9-17(12-15)25-20(21-22-23-25)29-13-19(26)24(16-7-3-2-4-8-16)18-10-11-30(27,28)14-18/h2-9,12,18H,10-11,13-14H2,1H3. The van der Waals surface area contributed by atoms with E-state index in [0.29, 0.717) is 17.3 Å². The molecule has 4 rings (SSSR count). The van der Waals surface area contributed by atoms with Crippen molar-refractivity contribution in [2.24, 2.45) is 0 Å². The number of hydrogen-bond donors (Lipinski definition) is 0. The summed E-state index contributed by atoms with van der Waals surface area (Å²) in [6.45, 7) is 1.98. The SMILES string of the molecule is Cc1cccc(-n2nnnc2SCC(=O)N(c2ccccc2)C2CCS(=O)(=O)C2)c1. The largest absolute Gasteiger partial charge is 0.308 e. The molecule has 0 spiro atoms. The number of para-hydroxylation sites is 1. The second-order valence-electron chi connectivity index (χ2n) is 7.16. The Morgan fingerprint density at radius 2 is 2.00 bits per heavy atom. The molecule has 1 aliphatic heterocycles. The minimum Gasteiger partial charge on any atom is -0.308 e. The Kier molecular flexibility index (Phi) is 5.87. The van der Waals surface area contributed by atoms with Crippen molar-refractivity contribution in [2.45, 2.75) is 24.5 Å². The number of benzene rings is 2. The molecule has 10 heteroatoms. The van der Waals surface area contributed by atoms with Crippen LogP contribution in [0.1, 0.15) is 12.0 Å². The van der Waals surface area contributed by atoms with Crippen molar-refractivity contribution in [3.05, 3.63) is 60.2 Å². The molecule has 0 N–H and O–H groups in total. The molecular formula is C20H21N5O3S2. The van der Waals surface area contributed by atoms with Crippen molar-refractivity contribution in [1.82, 2.24) is 20.2 Å². The Balaban J connectivity index is 1.54. The van der Waals surface area contributed by atoms with Gasteiger partial charge in [0.2, 0.25) is 11.1 Å². The van der Waals surface area contributed by atoms with E-state index >= 15 is 0 Å². The van der Waals surface area contributed by atoms with Crippen molar-refractivity contribution in [2.75, 3.05) is 22.2 Å². The van der Waals surface area contributed by atoms with Gasteiger partial charge >= 0.3 is 0 Å². The number of aryl methyl sites for hydroxylation is 1. The van der Waals surface area contributed by atoms with Crippen molar-refractivity contribution in [3.8, 4) is 5.69 Å². The summed E-state index contributed by atoms with van der Waals surface area (Å²) in [5.41, 5.74) is 2.59. The topological polar surface area (TPSA) is 98.1 Å². The first kappa shape index (κ1) is 20.5. The number of aromatic nitrogens is 4. The van der Waals surface area contributed by atoms with Gasteiger partial charge in [-0.15, -0.1) is 5.10 Å². The highest BCUT2D eigenvalue weighted by atomic mass is 32.2. The lowest BCUT2D eigenvalue weighted by atomic mass is 10.2. The van der Waals surface area contributed by atoms with E-state index in [0.717, 1.165) is 11.3 Å². The first-order valence-corrected chi connectivity index (χ1v) is 12.3. The number of carbonyl (C=O) groups excluding carboxylic acids is 1. The molecule has 1 fully saturated rings. The van der Waals surface area contributed by atoms with Gasteiger partial charge in [-0.3, -0.25) is 4.79 Å². The highest BCUT2D eigenvalue weighted by Crippen LogP contribution is 2.27. The molecular weight excluding hydrogens is 422 g/mol. The van der Waals surface area contributed by atoms with Crippen LogP contribution >= 0.6 is 11.8 Å². The molecule has 3 aromatic rings. The van der Waals surface area contributed by atoms with Crippen molar-refractivity contribution in [3.63, 3.8) is 0 Å². The molecule has 0 saturated carbocycles. The van der Waals surface area contributed by atoms with Gasteiger partial charge in [-0.2, -0.15) is 4.68 Å². The maximum atomic E-state index is 13.2. The molecule has 1 amide bonds. The summed E-state index contributed by atoms with van der Waals surface area (Å²) in [7, 11) is -3.12. The molecule has 1 atom stereocenters. The fraction of sp³-hybridized carbons (Fsp3) is 0.300. The van der Waals surface area contributed by atoms with E-state index in [2.05, 4.69) is 15.5 Å². The lowest BCUT2D eigenvalue weighted by Crippen LogP contribution is -2.42. The summed E-state index contributed by atoms with van der Waals surface area (Å²) in [5, 5.41) is 12.3. The van der Waals surface area contributed by atoms with E-state index < -0.39 is 9.84 Å². The zero-order chi connectivity index (χ0) is 21.1. The van der Waals surface area contributed by atoms with Crippen LogP contribution in [0, 0.1) is 6.92 Å². The van der Waals surface area contributed by atoms with Crippen LogP contribution in [0.15, 0.2) is 59.8 Å². The van der Waals surface area contributed by atoms with Gasteiger partial charge in [0, 0.05) is 5.69 Å². The van der Waals surface area contributed by atoms with E-state index in [1.165, 1.54) is 11.8 Å². The van der Waals surface area contributed by atoms with Crippen LogP contribution in [-0.2, 0) is 14.6 Å². The summed E-state index contributed by atoms with van der Waals surface area (Å²) in [5.74, 6) is 0.0105. The molecule has 1 unspecified atom stereocenters. The Morgan fingerprint density at radius 3 is 2.70 bits per heavy atom. The Hall–Kier alpha value is -2.72. The Labute approximate surface area is 179 Å². The van der Waals surface area contributed by atoms with Gasteiger partial charge < -0.3 is 4.90 Å². The fourth-order valence-electron chi connectivity index (χ4n) is 3.51. The number of tetrazole rings is 1. The molecule has 2 aromatic carbocycles. The van der Waals surface area contributed by atoms with Crippen LogP contribution in [0.25, 0.3) is 5.69 Å². The van der Waals surface area contributed by atoms with Crippen LogP contribution in [0.4, 0.5) is 5.69 Å². The molecule has 1 saturated heterocycles. The Bertz CT molecular complexity index is 1150. The van der Waals surface area contributed by atoms with Gasteiger partial charge in [-0.25, -0.2) is 8.42 Å². The van der Waals surface area contributed by atoms with Crippen LogP contribution in [0.2, 0.25) is 0 Å². The molecule has 0 radical (unpaired) electrons. The number of thioether (sulfide) groups is 1. The minimum absolute atomic E-state index is 0.0146. The summed E-state index contributed by atoms with van der Waals surface area (Å²) < 4.78 is 25.6. The van der Waals surface area contributed by atoms with Crippen LogP contribution < -0.4 is 4.90 Å². The number of sulfone groups is 1. The van der Waals surface area contributed by atoms with Crippen molar-refractivity contribution in [1.29, 1.82) is 0 Å². The first-order chi connectivity index (χ1) is 14.4. The minimum atomic E-state index is -3.12. The van der Waals surface area contributed by atoms with Crippen LogP contribution in [0.3, 0.4) is 0 Å². The van der Waals surface area contributed by atoms with E-state index in [9.17, 15) is 13.2 Å². The normalized spacial score (nSPS) is 17.7. The van der Waals surface area contributed by atoms with Crippen molar-refractivity contribution >= 4 is 33.2 Å². The van der Waals surface area contributed by atoms with E-state index in [-0.39, 0.29) is 29.2 Å². The van der Waals surface area contributed by atoms with E-state index in [1.807, 2.05) is 61.5 Å². The quantitative estimate of drug-likeness (QED) is 0.539. The molecule has 8 nitrogen and oxygen atoms in total. The van der Waals surface area contributed by atoms with Crippen LogP contribution in [0.5, 0.6) is 0 Å². The highest BCUT2D eigenvalue weighted by Gasteiger charge is 2.35. The predicted molar refractivity (Wildman–Crippen MR) is 116 cm³/mol. The summed E-state index contributed by atoms with van der Waals surface area (Å²) in [4.78, 5) is 14.8. The second kappa shape index (κ2) is 8.57.